The molecule has 0 bridgehead atoms. The smallest absolute Gasteiger partial charge is 0.260 e. The maximum Gasteiger partial charge on any atom is 0.260 e. The van der Waals surface area contributed by atoms with Gasteiger partial charge in [0.05, 0.1) is 15.1 Å². The summed E-state index contributed by atoms with van der Waals surface area (Å²) in [6.45, 7) is 7.18. The summed E-state index contributed by atoms with van der Waals surface area (Å²) < 4.78 is 24.7. The summed E-state index contributed by atoms with van der Waals surface area (Å²) >= 11 is 1.34. The minimum atomic E-state index is -3.33. The Bertz CT molecular complexity index is 1420. The van der Waals surface area contributed by atoms with Crippen LogP contribution in [-0.2, 0) is 9.84 Å². The van der Waals surface area contributed by atoms with Crippen LogP contribution in [-0.4, -0.2) is 56.6 Å². The number of hydrogen-bond acceptors (Lipinski definition) is 6. The Kier molecular flexibility index (Phi) is 9.24. The number of sulfone groups is 1. The van der Waals surface area contributed by atoms with Crippen molar-refractivity contribution in [3.05, 3.63) is 78.4 Å². The maximum absolute atomic E-state index is 13.7. The Morgan fingerprint density at radius 1 is 0.889 bits per heavy atom. The van der Waals surface area contributed by atoms with E-state index in [0.717, 1.165) is 28.9 Å². The van der Waals surface area contributed by atoms with Gasteiger partial charge in [-0.15, -0.1) is 12.4 Å². The maximum atomic E-state index is 13.7. The fourth-order valence-corrected chi connectivity index (χ4v) is 5.65. The molecule has 1 heterocycles. The predicted molar refractivity (Wildman–Crippen MR) is 151 cm³/mol. The molecule has 0 aliphatic carbocycles. The van der Waals surface area contributed by atoms with Gasteiger partial charge in [-0.1, -0.05) is 67.6 Å². The first-order valence-corrected chi connectivity index (χ1v) is 14.3. The van der Waals surface area contributed by atoms with Crippen LogP contribution in [0, 0.1) is 0 Å². The lowest BCUT2D eigenvalue weighted by molar-refractivity contribution is 0.0984. The van der Waals surface area contributed by atoms with Crippen LogP contribution in [0.25, 0.3) is 21.3 Å². The number of likely N-dealkylation sites (N-methyl/N-ethyl adjacent to an activating group) is 1. The topological polar surface area (TPSA) is 70.6 Å². The van der Waals surface area contributed by atoms with E-state index in [2.05, 4.69) is 23.7 Å². The number of carbonyl (C=O) groups excluding carboxylic acids is 1. The second-order valence-corrected chi connectivity index (χ2v) is 11.4. The number of fused-ring (bicyclic) bond motifs is 1. The van der Waals surface area contributed by atoms with Crippen molar-refractivity contribution in [3.63, 3.8) is 0 Å². The van der Waals surface area contributed by atoms with E-state index in [1.54, 1.807) is 23.1 Å². The van der Waals surface area contributed by atoms with Crippen molar-refractivity contribution in [3.8, 4) is 11.1 Å². The highest BCUT2D eigenvalue weighted by Gasteiger charge is 2.22. The Morgan fingerprint density at radius 2 is 1.53 bits per heavy atom. The first kappa shape index (κ1) is 27.8. The van der Waals surface area contributed by atoms with Crippen molar-refractivity contribution in [2.45, 2.75) is 18.7 Å². The number of benzene rings is 3. The molecule has 36 heavy (non-hydrogen) atoms. The molecular formula is C27H30ClN3O3S2. The third-order valence-electron chi connectivity index (χ3n) is 6.03. The summed E-state index contributed by atoms with van der Waals surface area (Å²) in [7, 11) is -3.33. The lowest BCUT2D eigenvalue weighted by Gasteiger charge is -2.24. The molecule has 9 heteroatoms. The van der Waals surface area contributed by atoms with Crippen LogP contribution in [0.15, 0.2) is 77.7 Å². The molecular weight excluding hydrogens is 514 g/mol. The molecule has 4 aromatic rings. The van der Waals surface area contributed by atoms with Crippen molar-refractivity contribution in [1.29, 1.82) is 0 Å². The van der Waals surface area contributed by atoms with Gasteiger partial charge in [-0.3, -0.25) is 9.69 Å². The molecule has 0 saturated heterocycles. The quantitative estimate of drug-likeness (QED) is 0.268. The average Bonchev–Trinajstić information content (AvgIpc) is 3.29. The van der Waals surface area contributed by atoms with E-state index in [-0.39, 0.29) is 23.2 Å². The molecule has 3 aromatic carbocycles. The Hall–Kier alpha value is -2.78. The number of anilines is 1. The number of halogens is 1. The zero-order chi connectivity index (χ0) is 25.0. The molecule has 0 saturated carbocycles. The Balaban J connectivity index is 0.00000361. The van der Waals surface area contributed by atoms with Crippen molar-refractivity contribution in [2.24, 2.45) is 0 Å². The Labute approximate surface area is 222 Å². The van der Waals surface area contributed by atoms with Crippen LogP contribution in [0.2, 0.25) is 0 Å². The zero-order valence-electron chi connectivity index (χ0n) is 20.5. The molecule has 0 fully saturated rings. The molecule has 1 aromatic heterocycles. The second-order valence-electron chi connectivity index (χ2n) is 8.33. The highest BCUT2D eigenvalue weighted by Crippen LogP contribution is 2.32. The normalized spacial score (nSPS) is 11.4. The fourth-order valence-electron chi connectivity index (χ4n) is 3.90. The average molecular weight is 544 g/mol. The molecule has 0 aliphatic rings. The molecule has 0 spiro atoms. The van der Waals surface area contributed by atoms with Crippen LogP contribution in [0.1, 0.15) is 24.2 Å². The molecule has 1 amide bonds. The molecule has 0 radical (unpaired) electrons. The number of aromatic nitrogens is 1. The van der Waals surface area contributed by atoms with E-state index in [0.29, 0.717) is 29.3 Å². The van der Waals surface area contributed by atoms with Gasteiger partial charge in [-0.05, 0) is 54.5 Å². The minimum absolute atomic E-state index is 0. The molecule has 6 nitrogen and oxygen atoms in total. The van der Waals surface area contributed by atoms with Gasteiger partial charge < -0.3 is 4.90 Å². The molecule has 190 valence electrons. The van der Waals surface area contributed by atoms with Gasteiger partial charge >= 0.3 is 0 Å². The van der Waals surface area contributed by atoms with E-state index in [9.17, 15) is 13.2 Å². The zero-order valence-corrected chi connectivity index (χ0v) is 23.0. The molecule has 0 atom stereocenters. The van der Waals surface area contributed by atoms with Gasteiger partial charge in [0.2, 0.25) is 0 Å². The summed E-state index contributed by atoms with van der Waals surface area (Å²) in [6.07, 6.45) is 1.19. The summed E-state index contributed by atoms with van der Waals surface area (Å²) in [5.41, 5.74) is 3.40. The van der Waals surface area contributed by atoms with Crippen LogP contribution >= 0.6 is 23.7 Å². The number of carbonyl (C=O) groups is 1. The summed E-state index contributed by atoms with van der Waals surface area (Å²) in [4.78, 5) is 22.6. The summed E-state index contributed by atoms with van der Waals surface area (Å²) in [5, 5.41) is 0.565. The van der Waals surface area contributed by atoms with E-state index in [1.807, 2.05) is 54.6 Å². The van der Waals surface area contributed by atoms with Crippen molar-refractivity contribution in [1.82, 2.24) is 9.88 Å². The number of hydrogen-bond donors (Lipinski definition) is 0. The van der Waals surface area contributed by atoms with Crippen LogP contribution < -0.4 is 4.90 Å². The number of rotatable bonds is 9. The summed E-state index contributed by atoms with van der Waals surface area (Å²) in [5.74, 6) is -0.126. The lowest BCUT2D eigenvalue weighted by atomic mass is 10.0. The first-order valence-electron chi connectivity index (χ1n) is 11.6. The van der Waals surface area contributed by atoms with Crippen LogP contribution in [0.3, 0.4) is 0 Å². The van der Waals surface area contributed by atoms with E-state index < -0.39 is 9.84 Å². The molecule has 0 N–H and O–H groups in total. The van der Waals surface area contributed by atoms with Crippen molar-refractivity contribution in [2.75, 3.05) is 37.3 Å². The number of nitrogens with zero attached hydrogens (tertiary/aromatic N) is 3. The number of amides is 1. The van der Waals surface area contributed by atoms with Gasteiger partial charge in [0.1, 0.15) is 0 Å². The molecule has 0 aliphatic heterocycles. The van der Waals surface area contributed by atoms with Crippen LogP contribution in [0.5, 0.6) is 0 Å². The predicted octanol–water partition coefficient (Wildman–Crippen LogP) is 5.78. The van der Waals surface area contributed by atoms with Crippen molar-refractivity contribution < 1.29 is 13.2 Å². The highest BCUT2D eigenvalue weighted by atomic mass is 35.5. The first-order chi connectivity index (χ1) is 16.8. The van der Waals surface area contributed by atoms with Crippen molar-refractivity contribution >= 4 is 54.8 Å². The van der Waals surface area contributed by atoms with E-state index in [4.69, 9.17) is 0 Å². The third kappa shape index (κ3) is 6.31. The SMILES string of the molecule is CCN(CC)CCN(C(=O)c1ccc(-c2ccccc2)cc1)c1nc2ccc(S(C)(=O)=O)cc2s1.Cl. The van der Waals surface area contributed by atoms with E-state index >= 15 is 0 Å². The third-order valence-corrected chi connectivity index (χ3v) is 8.18. The monoisotopic (exact) mass is 543 g/mol. The van der Waals surface area contributed by atoms with Gasteiger partial charge in [0, 0.05) is 24.9 Å². The lowest BCUT2D eigenvalue weighted by Crippen LogP contribution is -2.38. The Morgan fingerprint density at radius 3 is 2.14 bits per heavy atom. The standard InChI is InChI=1S/C27H29N3O3S2.ClH/c1-4-29(5-2)17-18-30(27-28-24-16-15-23(35(3,32)33)19-25(24)34-27)26(31)22-13-11-21(12-14-22)20-9-7-6-8-10-20;/h6-16,19H,4-5,17-18H2,1-3H3;1H. The molecule has 0 unspecified atom stereocenters. The highest BCUT2D eigenvalue weighted by molar-refractivity contribution is 7.90. The van der Waals surface area contributed by atoms with Gasteiger partial charge in [-0.2, -0.15) is 0 Å². The fraction of sp³-hybridized carbons (Fsp3) is 0.259. The van der Waals surface area contributed by atoms with E-state index in [1.165, 1.54) is 17.6 Å². The largest absolute Gasteiger partial charge is 0.302 e. The minimum Gasteiger partial charge on any atom is -0.302 e. The van der Waals surface area contributed by atoms with Crippen LogP contribution in [0.4, 0.5) is 5.13 Å². The van der Waals surface area contributed by atoms with Gasteiger partial charge in [0.15, 0.2) is 15.0 Å². The second kappa shape index (κ2) is 12.0. The summed E-state index contributed by atoms with van der Waals surface area (Å²) in [6, 6.07) is 22.6. The van der Waals surface area contributed by atoms with Gasteiger partial charge in [-0.25, -0.2) is 13.4 Å². The number of thiazole rings is 1. The molecule has 4 rings (SSSR count). The van der Waals surface area contributed by atoms with Gasteiger partial charge in [0.25, 0.3) is 5.91 Å².